The number of hydrogen-bond donors (Lipinski definition) is 1. The zero-order chi connectivity index (χ0) is 16.7. The molecular weight excluding hydrogens is 368 g/mol. The van der Waals surface area contributed by atoms with E-state index in [0.717, 1.165) is 34.1 Å². The van der Waals surface area contributed by atoms with Crippen LogP contribution in [0.2, 0.25) is 0 Å². The van der Waals surface area contributed by atoms with Gasteiger partial charge in [-0.1, -0.05) is 24.3 Å². The van der Waals surface area contributed by atoms with E-state index in [1.54, 1.807) is 10.7 Å². The second-order valence-corrected chi connectivity index (χ2v) is 7.49. The first-order chi connectivity index (χ1) is 11.5. The van der Waals surface area contributed by atoms with Gasteiger partial charge in [0, 0.05) is 31.0 Å². The Morgan fingerprint density at radius 3 is 3.04 bits per heavy atom. The van der Waals surface area contributed by atoms with Crippen molar-refractivity contribution >= 4 is 21.6 Å². The number of aromatic nitrogens is 3. The predicted octanol–water partition coefficient (Wildman–Crippen LogP) is 2.76. The quantitative estimate of drug-likeness (QED) is 0.748. The third kappa shape index (κ3) is 2.75. The van der Waals surface area contributed by atoms with E-state index < -0.39 is 5.60 Å². The molecule has 0 aliphatic heterocycles. The summed E-state index contributed by atoms with van der Waals surface area (Å²) >= 11 is 3.41. The SMILES string of the molecule is CN(Cc1cnn2cc(Br)cnc12)CC1(O)CCc2ccccc21. The molecule has 0 saturated heterocycles. The zero-order valence-electron chi connectivity index (χ0n) is 13.5. The van der Waals surface area contributed by atoms with Crippen molar-refractivity contribution in [3.63, 3.8) is 0 Å². The Morgan fingerprint density at radius 1 is 1.33 bits per heavy atom. The highest BCUT2D eigenvalue weighted by Crippen LogP contribution is 2.37. The standard InChI is InChI=1S/C18H19BrN4O/c1-22(10-14-8-21-23-11-15(19)9-20-17(14)23)12-18(24)7-6-13-4-2-3-5-16(13)18/h2-5,8-9,11,24H,6-7,10,12H2,1H3. The monoisotopic (exact) mass is 386 g/mol. The largest absolute Gasteiger partial charge is 0.384 e. The summed E-state index contributed by atoms with van der Waals surface area (Å²) in [7, 11) is 2.03. The van der Waals surface area contributed by atoms with Crippen molar-refractivity contribution in [1.82, 2.24) is 19.5 Å². The van der Waals surface area contributed by atoms with Gasteiger partial charge in [-0.05, 0) is 46.9 Å². The van der Waals surface area contributed by atoms with E-state index in [1.165, 1.54) is 5.56 Å². The fraction of sp³-hybridized carbons (Fsp3) is 0.333. The molecule has 1 aliphatic carbocycles. The number of rotatable bonds is 4. The van der Waals surface area contributed by atoms with E-state index >= 15 is 0 Å². The Balaban J connectivity index is 1.53. The van der Waals surface area contributed by atoms with Crippen LogP contribution in [0.15, 0.2) is 47.3 Å². The third-order valence-corrected chi connectivity index (χ3v) is 5.11. The van der Waals surface area contributed by atoms with Crippen molar-refractivity contribution in [2.45, 2.75) is 25.0 Å². The maximum Gasteiger partial charge on any atom is 0.159 e. The Labute approximate surface area is 149 Å². The number of aryl methyl sites for hydroxylation is 1. The summed E-state index contributed by atoms with van der Waals surface area (Å²) < 4.78 is 2.67. The first-order valence-electron chi connectivity index (χ1n) is 8.02. The van der Waals surface area contributed by atoms with Crippen LogP contribution in [-0.2, 0) is 18.6 Å². The summed E-state index contributed by atoms with van der Waals surface area (Å²) in [6, 6.07) is 8.20. The number of hydrogen-bond acceptors (Lipinski definition) is 4. The number of aliphatic hydroxyl groups is 1. The van der Waals surface area contributed by atoms with E-state index in [9.17, 15) is 5.11 Å². The van der Waals surface area contributed by atoms with Crippen LogP contribution in [0.5, 0.6) is 0 Å². The summed E-state index contributed by atoms with van der Waals surface area (Å²) in [6.45, 7) is 1.29. The van der Waals surface area contributed by atoms with Crippen molar-refractivity contribution in [2.24, 2.45) is 0 Å². The lowest BCUT2D eigenvalue weighted by Crippen LogP contribution is -2.37. The molecule has 0 amide bonds. The number of benzene rings is 1. The van der Waals surface area contributed by atoms with Crippen LogP contribution in [0.1, 0.15) is 23.1 Å². The highest BCUT2D eigenvalue weighted by atomic mass is 79.9. The van der Waals surface area contributed by atoms with Gasteiger partial charge in [-0.15, -0.1) is 0 Å². The van der Waals surface area contributed by atoms with Gasteiger partial charge >= 0.3 is 0 Å². The number of likely N-dealkylation sites (N-methyl/N-ethyl adjacent to an activating group) is 1. The lowest BCUT2D eigenvalue weighted by molar-refractivity contribution is 0.00555. The second-order valence-electron chi connectivity index (χ2n) is 6.57. The maximum absolute atomic E-state index is 11.1. The summed E-state index contributed by atoms with van der Waals surface area (Å²) in [6.07, 6.45) is 7.23. The van der Waals surface area contributed by atoms with E-state index in [4.69, 9.17) is 0 Å². The average molecular weight is 387 g/mol. The first-order valence-corrected chi connectivity index (χ1v) is 8.81. The molecule has 124 valence electrons. The Morgan fingerprint density at radius 2 is 2.17 bits per heavy atom. The molecule has 0 saturated carbocycles. The van der Waals surface area contributed by atoms with E-state index in [1.807, 2.05) is 37.6 Å². The molecule has 24 heavy (non-hydrogen) atoms. The molecule has 0 bridgehead atoms. The Bertz CT molecular complexity index is 894. The molecule has 3 aromatic rings. The van der Waals surface area contributed by atoms with E-state index in [-0.39, 0.29) is 0 Å². The highest BCUT2D eigenvalue weighted by Gasteiger charge is 2.37. The van der Waals surface area contributed by atoms with Crippen molar-refractivity contribution < 1.29 is 5.11 Å². The van der Waals surface area contributed by atoms with Crippen LogP contribution in [0.25, 0.3) is 5.65 Å². The van der Waals surface area contributed by atoms with Gasteiger partial charge in [0.15, 0.2) is 5.65 Å². The molecule has 1 aliphatic rings. The normalized spacial score (nSPS) is 20.0. The lowest BCUT2D eigenvalue weighted by atomic mass is 9.95. The maximum atomic E-state index is 11.1. The topological polar surface area (TPSA) is 53.7 Å². The summed E-state index contributed by atoms with van der Waals surface area (Å²) in [5.74, 6) is 0. The van der Waals surface area contributed by atoms with Gasteiger partial charge in [-0.3, -0.25) is 4.90 Å². The summed E-state index contributed by atoms with van der Waals surface area (Å²) in [4.78, 5) is 6.58. The van der Waals surface area contributed by atoms with Crippen LogP contribution in [-0.4, -0.2) is 38.2 Å². The van der Waals surface area contributed by atoms with Crippen molar-refractivity contribution in [2.75, 3.05) is 13.6 Å². The average Bonchev–Trinajstić information content (AvgIpc) is 3.09. The fourth-order valence-electron chi connectivity index (χ4n) is 3.64. The minimum atomic E-state index is -0.773. The van der Waals surface area contributed by atoms with Gasteiger partial charge in [0.25, 0.3) is 0 Å². The van der Waals surface area contributed by atoms with Gasteiger partial charge in [0.1, 0.15) is 5.60 Å². The molecule has 0 radical (unpaired) electrons. The van der Waals surface area contributed by atoms with Gasteiger partial charge in [-0.25, -0.2) is 9.50 Å². The van der Waals surface area contributed by atoms with E-state index in [0.29, 0.717) is 13.1 Å². The molecule has 0 spiro atoms. The number of fused-ring (bicyclic) bond motifs is 2. The van der Waals surface area contributed by atoms with Crippen LogP contribution < -0.4 is 0 Å². The van der Waals surface area contributed by atoms with Crippen molar-refractivity contribution in [1.29, 1.82) is 0 Å². The fourth-order valence-corrected chi connectivity index (χ4v) is 3.93. The third-order valence-electron chi connectivity index (χ3n) is 4.70. The van der Waals surface area contributed by atoms with Crippen LogP contribution in [0.4, 0.5) is 0 Å². The van der Waals surface area contributed by atoms with Crippen molar-refractivity contribution in [3.05, 3.63) is 64.0 Å². The molecular formula is C18H19BrN4O. The number of nitrogens with zero attached hydrogens (tertiary/aromatic N) is 4. The van der Waals surface area contributed by atoms with Gasteiger partial charge in [0.05, 0.1) is 10.7 Å². The number of halogens is 1. The summed E-state index contributed by atoms with van der Waals surface area (Å²) in [5, 5.41) is 15.5. The molecule has 6 heteroatoms. The van der Waals surface area contributed by atoms with Gasteiger partial charge in [0.2, 0.25) is 0 Å². The van der Waals surface area contributed by atoms with Gasteiger partial charge < -0.3 is 5.11 Å². The Kier molecular flexibility index (Phi) is 3.90. The molecule has 4 rings (SSSR count). The molecule has 5 nitrogen and oxygen atoms in total. The molecule has 1 aromatic carbocycles. The first kappa shape index (κ1) is 15.7. The van der Waals surface area contributed by atoms with E-state index in [2.05, 4.69) is 37.0 Å². The Hall–Kier alpha value is -1.76. The smallest absolute Gasteiger partial charge is 0.159 e. The minimum absolute atomic E-state index is 0.595. The molecule has 1 atom stereocenters. The lowest BCUT2D eigenvalue weighted by Gasteiger charge is -2.29. The zero-order valence-corrected chi connectivity index (χ0v) is 15.1. The highest BCUT2D eigenvalue weighted by molar-refractivity contribution is 9.10. The molecule has 1 N–H and O–H groups in total. The van der Waals surface area contributed by atoms with Crippen LogP contribution in [0.3, 0.4) is 0 Å². The van der Waals surface area contributed by atoms with Crippen molar-refractivity contribution in [3.8, 4) is 0 Å². The van der Waals surface area contributed by atoms with Crippen LogP contribution in [0, 0.1) is 0 Å². The predicted molar refractivity (Wildman–Crippen MR) is 95.7 cm³/mol. The minimum Gasteiger partial charge on any atom is -0.384 e. The molecule has 0 fully saturated rings. The second kappa shape index (κ2) is 5.95. The van der Waals surface area contributed by atoms with Crippen LogP contribution >= 0.6 is 15.9 Å². The molecule has 1 unspecified atom stereocenters. The summed E-state index contributed by atoms with van der Waals surface area (Å²) in [5.41, 5.74) is 3.46. The molecule has 2 heterocycles. The van der Waals surface area contributed by atoms with Gasteiger partial charge in [-0.2, -0.15) is 5.10 Å². The molecule has 2 aromatic heterocycles.